The highest BCUT2D eigenvalue weighted by Crippen LogP contribution is 2.31. The maximum Gasteiger partial charge on any atom is 0.271 e. The third-order valence-electron chi connectivity index (χ3n) is 6.63. The monoisotopic (exact) mass is 523 g/mol. The fourth-order valence-corrected chi connectivity index (χ4v) is 5.61. The highest BCUT2D eigenvalue weighted by atomic mass is 32.1. The van der Waals surface area contributed by atoms with Crippen LogP contribution in [0.3, 0.4) is 0 Å². The van der Waals surface area contributed by atoms with Crippen molar-refractivity contribution in [1.82, 2.24) is 4.57 Å². The Morgan fingerprint density at radius 1 is 1.03 bits per heavy atom. The molecule has 0 aliphatic carbocycles. The van der Waals surface area contributed by atoms with Gasteiger partial charge in [-0.3, -0.25) is 14.2 Å². The summed E-state index contributed by atoms with van der Waals surface area (Å²) in [4.78, 5) is 32.7. The summed E-state index contributed by atoms with van der Waals surface area (Å²) >= 11 is 1.33. The molecule has 0 saturated carbocycles. The summed E-state index contributed by atoms with van der Waals surface area (Å²) in [7, 11) is 1.61. The number of nitrogens with one attached hydrogen (secondary N) is 1. The predicted molar refractivity (Wildman–Crippen MR) is 152 cm³/mol. The number of rotatable bonds is 6. The van der Waals surface area contributed by atoms with Crippen molar-refractivity contribution in [1.29, 1.82) is 0 Å². The van der Waals surface area contributed by atoms with E-state index in [9.17, 15) is 9.59 Å². The molecular formula is C31H29N3O3S. The lowest BCUT2D eigenvalue weighted by Gasteiger charge is -2.25. The number of anilines is 1. The average Bonchev–Trinajstić information content (AvgIpc) is 3.22. The molecular weight excluding hydrogens is 494 g/mol. The second-order valence-corrected chi connectivity index (χ2v) is 10.5. The van der Waals surface area contributed by atoms with Gasteiger partial charge < -0.3 is 10.1 Å². The third-order valence-corrected chi connectivity index (χ3v) is 7.61. The van der Waals surface area contributed by atoms with E-state index >= 15 is 0 Å². The molecule has 2 heterocycles. The van der Waals surface area contributed by atoms with Crippen molar-refractivity contribution in [3.63, 3.8) is 0 Å². The van der Waals surface area contributed by atoms with Crippen molar-refractivity contribution in [2.24, 2.45) is 4.99 Å². The van der Waals surface area contributed by atoms with Gasteiger partial charge in [-0.25, -0.2) is 4.99 Å². The summed E-state index contributed by atoms with van der Waals surface area (Å²) in [6.07, 6.45) is 1.89. The number of carbonyl (C=O) groups is 1. The first-order valence-corrected chi connectivity index (χ1v) is 13.3. The van der Waals surface area contributed by atoms with Crippen molar-refractivity contribution in [3.05, 3.63) is 127 Å². The van der Waals surface area contributed by atoms with Crippen molar-refractivity contribution in [2.75, 3.05) is 12.4 Å². The molecule has 1 aliphatic rings. The van der Waals surface area contributed by atoms with Crippen molar-refractivity contribution >= 4 is 29.0 Å². The van der Waals surface area contributed by atoms with Crippen LogP contribution < -0.4 is 24.9 Å². The lowest BCUT2D eigenvalue weighted by atomic mass is 9.95. The summed E-state index contributed by atoms with van der Waals surface area (Å²) in [5.74, 6) is 0.834. The van der Waals surface area contributed by atoms with Crippen LogP contribution >= 0.6 is 11.3 Å². The number of allylic oxidation sites excluding steroid dienone is 1. The van der Waals surface area contributed by atoms with Gasteiger partial charge >= 0.3 is 0 Å². The number of fused-ring (bicyclic) bond motifs is 1. The number of benzene rings is 3. The molecule has 1 N–H and O–H groups in total. The number of hydrogen-bond acceptors (Lipinski definition) is 5. The molecule has 0 fully saturated rings. The molecule has 38 heavy (non-hydrogen) atoms. The van der Waals surface area contributed by atoms with E-state index in [0.29, 0.717) is 38.0 Å². The zero-order chi connectivity index (χ0) is 26.8. The van der Waals surface area contributed by atoms with Crippen LogP contribution in [0.25, 0.3) is 6.08 Å². The van der Waals surface area contributed by atoms with E-state index < -0.39 is 6.04 Å². The Balaban J connectivity index is 1.64. The van der Waals surface area contributed by atoms with Gasteiger partial charge in [0.25, 0.3) is 11.5 Å². The summed E-state index contributed by atoms with van der Waals surface area (Å²) in [6.45, 7) is 6.12. The number of amides is 1. The number of aromatic nitrogens is 1. The van der Waals surface area contributed by atoms with E-state index in [1.807, 2.05) is 79.7 Å². The molecule has 5 rings (SSSR count). The van der Waals surface area contributed by atoms with Gasteiger partial charge in [-0.15, -0.1) is 0 Å². The minimum Gasteiger partial charge on any atom is -0.497 e. The molecule has 1 unspecified atom stereocenters. The van der Waals surface area contributed by atoms with Crippen LogP contribution in [0.1, 0.15) is 49.4 Å². The number of para-hydroxylation sites is 1. The molecule has 0 radical (unpaired) electrons. The topological polar surface area (TPSA) is 72.7 Å². The van der Waals surface area contributed by atoms with Crippen LogP contribution in [0, 0.1) is 0 Å². The zero-order valence-corrected chi connectivity index (χ0v) is 22.6. The Morgan fingerprint density at radius 2 is 1.71 bits per heavy atom. The quantitative estimate of drug-likeness (QED) is 0.386. The van der Waals surface area contributed by atoms with Gasteiger partial charge in [-0.2, -0.15) is 0 Å². The van der Waals surface area contributed by atoms with Gasteiger partial charge in [-0.05, 0) is 59.9 Å². The molecule has 1 aliphatic heterocycles. The number of nitrogens with zero attached hydrogens (tertiary/aromatic N) is 2. The zero-order valence-electron chi connectivity index (χ0n) is 21.8. The molecule has 6 nitrogen and oxygen atoms in total. The summed E-state index contributed by atoms with van der Waals surface area (Å²) in [6, 6.07) is 24.3. The Kier molecular flexibility index (Phi) is 7.11. The number of hydrogen-bond donors (Lipinski definition) is 1. The molecule has 3 aromatic carbocycles. The first kappa shape index (κ1) is 25.4. The number of carbonyl (C=O) groups excluding carboxylic acids is 1. The van der Waals surface area contributed by atoms with E-state index in [-0.39, 0.29) is 11.5 Å². The van der Waals surface area contributed by atoms with Crippen LogP contribution in [0.5, 0.6) is 5.75 Å². The average molecular weight is 524 g/mol. The molecule has 0 bridgehead atoms. The Labute approximate surface area is 225 Å². The summed E-state index contributed by atoms with van der Waals surface area (Å²) in [5, 5.41) is 2.97. The van der Waals surface area contributed by atoms with E-state index in [4.69, 9.17) is 9.73 Å². The molecule has 192 valence electrons. The van der Waals surface area contributed by atoms with Gasteiger partial charge in [0.05, 0.1) is 29.0 Å². The first-order chi connectivity index (χ1) is 18.4. The van der Waals surface area contributed by atoms with Crippen molar-refractivity contribution < 1.29 is 9.53 Å². The molecule has 7 heteroatoms. The Hall–Kier alpha value is -4.23. The number of ether oxygens (including phenoxy) is 1. The van der Waals surface area contributed by atoms with E-state index in [0.717, 1.165) is 11.1 Å². The van der Waals surface area contributed by atoms with Crippen LogP contribution in [0.15, 0.2) is 99.9 Å². The molecule has 4 aromatic rings. The van der Waals surface area contributed by atoms with Crippen LogP contribution in [0.4, 0.5) is 5.69 Å². The SMILES string of the molecule is COc1ccc(C2C(C(=O)Nc3ccccc3)=C(C)N=c3s/c(=C/c4ccc(C(C)C)cc4)c(=O)n32)cc1. The highest BCUT2D eigenvalue weighted by Gasteiger charge is 2.32. The minimum absolute atomic E-state index is 0.181. The molecule has 0 saturated heterocycles. The van der Waals surface area contributed by atoms with Gasteiger partial charge in [-0.1, -0.05) is 79.8 Å². The maximum atomic E-state index is 13.8. The molecule has 1 atom stereocenters. The fourth-order valence-electron chi connectivity index (χ4n) is 4.56. The van der Waals surface area contributed by atoms with Crippen LogP contribution in [-0.2, 0) is 4.79 Å². The summed E-state index contributed by atoms with van der Waals surface area (Å²) in [5.41, 5.74) is 4.49. The smallest absolute Gasteiger partial charge is 0.271 e. The highest BCUT2D eigenvalue weighted by molar-refractivity contribution is 7.07. The molecule has 0 spiro atoms. The van der Waals surface area contributed by atoms with Gasteiger partial charge in [0, 0.05) is 5.69 Å². The van der Waals surface area contributed by atoms with E-state index in [1.54, 1.807) is 11.7 Å². The fraction of sp³-hybridized carbons (Fsp3) is 0.194. The largest absolute Gasteiger partial charge is 0.497 e. The third kappa shape index (κ3) is 4.97. The minimum atomic E-state index is -0.633. The second kappa shape index (κ2) is 10.6. The lowest BCUT2D eigenvalue weighted by Crippen LogP contribution is -2.40. The van der Waals surface area contributed by atoms with E-state index in [2.05, 4.69) is 31.3 Å². The van der Waals surface area contributed by atoms with Crippen molar-refractivity contribution in [2.45, 2.75) is 32.7 Å². The van der Waals surface area contributed by atoms with Gasteiger partial charge in [0.1, 0.15) is 5.75 Å². The number of thiazole rings is 1. The lowest BCUT2D eigenvalue weighted by molar-refractivity contribution is -0.113. The first-order valence-electron chi connectivity index (χ1n) is 12.5. The van der Waals surface area contributed by atoms with E-state index in [1.165, 1.54) is 16.9 Å². The standard InChI is InChI=1S/C31H29N3O3S/c1-19(2)22-12-10-21(11-13-22)18-26-30(36)34-28(23-14-16-25(37-4)17-15-23)27(20(3)32-31(34)38-26)29(35)33-24-8-6-5-7-9-24/h5-19,28H,1-4H3,(H,33,35)/b26-18+. The van der Waals surface area contributed by atoms with Gasteiger partial charge in [0.15, 0.2) is 4.80 Å². The summed E-state index contributed by atoms with van der Waals surface area (Å²) < 4.78 is 7.54. The van der Waals surface area contributed by atoms with Gasteiger partial charge in [0.2, 0.25) is 0 Å². The number of methoxy groups -OCH3 is 1. The molecule has 1 aromatic heterocycles. The van der Waals surface area contributed by atoms with Crippen LogP contribution in [-0.4, -0.2) is 17.6 Å². The molecule has 1 amide bonds. The second-order valence-electron chi connectivity index (χ2n) is 9.50. The van der Waals surface area contributed by atoms with Crippen LogP contribution in [0.2, 0.25) is 0 Å². The normalized spacial score (nSPS) is 15.3. The van der Waals surface area contributed by atoms with Crippen molar-refractivity contribution in [3.8, 4) is 5.75 Å². The maximum absolute atomic E-state index is 13.8. The Morgan fingerprint density at radius 3 is 2.34 bits per heavy atom. The Bertz CT molecular complexity index is 1680. The predicted octanol–water partition coefficient (Wildman–Crippen LogP) is 5.01.